The Labute approximate surface area is 87.2 Å². The molecule has 0 aliphatic carbocycles. The van der Waals surface area contributed by atoms with E-state index in [1.807, 2.05) is 13.8 Å². The van der Waals surface area contributed by atoms with Crippen molar-refractivity contribution in [2.45, 2.75) is 32.7 Å². The van der Waals surface area contributed by atoms with Crippen molar-refractivity contribution in [3.05, 3.63) is 12.2 Å². The van der Waals surface area contributed by atoms with Crippen molar-refractivity contribution in [2.24, 2.45) is 0 Å². The van der Waals surface area contributed by atoms with Crippen LogP contribution in [0.25, 0.3) is 0 Å². The molecule has 0 bridgehead atoms. The molecular formula is C11H23N2O+. The predicted molar refractivity (Wildman–Crippen MR) is 59.3 cm³/mol. The molecule has 14 heavy (non-hydrogen) atoms. The first-order valence-electron chi connectivity index (χ1n) is 5.01. The summed E-state index contributed by atoms with van der Waals surface area (Å²) in [5.41, 5.74) is 0.420. The van der Waals surface area contributed by atoms with E-state index in [9.17, 15) is 4.79 Å². The fourth-order valence-corrected chi connectivity index (χ4v) is 1.04. The molecule has 0 fully saturated rings. The Balaban J connectivity index is 4.06. The lowest BCUT2D eigenvalue weighted by molar-refractivity contribution is -0.858. The maximum atomic E-state index is 11.4. The van der Waals surface area contributed by atoms with Crippen molar-refractivity contribution in [2.75, 3.05) is 20.6 Å². The van der Waals surface area contributed by atoms with Crippen LogP contribution in [0.4, 0.5) is 0 Å². The molecule has 0 spiro atoms. The number of rotatable bonds is 5. The minimum absolute atomic E-state index is 0.0521. The lowest BCUT2D eigenvalue weighted by Crippen LogP contribution is -3.06. The van der Waals surface area contributed by atoms with Gasteiger partial charge in [-0.15, -0.1) is 0 Å². The van der Waals surface area contributed by atoms with Gasteiger partial charge in [-0.3, -0.25) is 4.79 Å². The molecule has 2 N–H and O–H groups in total. The SMILES string of the molecule is C=C(C)C(=O)NC(C)(C)CC[NH+](C)C. The van der Waals surface area contributed by atoms with Crippen LogP contribution in [0.5, 0.6) is 0 Å². The van der Waals surface area contributed by atoms with Crippen molar-refractivity contribution >= 4 is 5.91 Å². The zero-order valence-corrected chi connectivity index (χ0v) is 10.0. The summed E-state index contributed by atoms with van der Waals surface area (Å²) in [6.45, 7) is 10.5. The zero-order valence-electron chi connectivity index (χ0n) is 10.0. The maximum Gasteiger partial charge on any atom is 0.246 e. The summed E-state index contributed by atoms with van der Waals surface area (Å²) in [7, 11) is 4.22. The van der Waals surface area contributed by atoms with Gasteiger partial charge < -0.3 is 10.2 Å². The molecule has 82 valence electrons. The standard InChI is InChI=1S/C11H22N2O/c1-9(2)10(14)12-11(3,4)7-8-13(5)6/h1,7-8H2,2-6H3,(H,12,14)/p+1. The molecule has 3 nitrogen and oxygen atoms in total. The number of hydrogen-bond acceptors (Lipinski definition) is 1. The Hall–Kier alpha value is -0.830. The highest BCUT2D eigenvalue weighted by atomic mass is 16.1. The van der Waals surface area contributed by atoms with Crippen molar-refractivity contribution < 1.29 is 9.69 Å². The first kappa shape index (κ1) is 13.2. The van der Waals surface area contributed by atoms with Crippen molar-refractivity contribution in [1.29, 1.82) is 0 Å². The molecule has 0 saturated heterocycles. The molecule has 0 aromatic carbocycles. The minimum atomic E-state index is -0.146. The zero-order chi connectivity index (χ0) is 11.4. The van der Waals surface area contributed by atoms with E-state index in [0.717, 1.165) is 13.0 Å². The van der Waals surface area contributed by atoms with Crippen molar-refractivity contribution in [1.82, 2.24) is 5.32 Å². The lowest BCUT2D eigenvalue weighted by Gasteiger charge is -2.26. The first-order valence-corrected chi connectivity index (χ1v) is 5.01. The summed E-state index contributed by atoms with van der Waals surface area (Å²) in [6, 6.07) is 0. The van der Waals surface area contributed by atoms with Crippen LogP contribution in [0.3, 0.4) is 0 Å². The van der Waals surface area contributed by atoms with Crippen molar-refractivity contribution in [3.8, 4) is 0 Å². The van der Waals surface area contributed by atoms with Gasteiger partial charge in [0, 0.05) is 17.5 Å². The fraction of sp³-hybridized carbons (Fsp3) is 0.727. The van der Waals surface area contributed by atoms with Crippen LogP contribution >= 0.6 is 0 Å². The molecule has 1 amide bonds. The van der Waals surface area contributed by atoms with Crippen LogP contribution in [0.15, 0.2) is 12.2 Å². The Kier molecular flexibility index (Phi) is 4.85. The summed E-state index contributed by atoms with van der Waals surface area (Å²) < 4.78 is 0. The van der Waals surface area contributed by atoms with Crippen LogP contribution in [0.2, 0.25) is 0 Å². The smallest absolute Gasteiger partial charge is 0.246 e. The predicted octanol–water partition coefficient (Wildman–Crippen LogP) is -0.00810. The number of quaternary nitrogens is 1. The van der Waals surface area contributed by atoms with Crippen LogP contribution in [-0.2, 0) is 4.79 Å². The fourth-order valence-electron chi connectivity index (χ4n) is 1.04. The van der Waals surface area contributed by atoms with Crippen LogP contribution < -0.4 is 10.2 Å². The number of nitrogens with one attached hydrogen (secondary N) is 2. The molecule has 0 aliphatic rings. The van der Waals surface area contributed by atoms with Crippen LogP contribution in [0.1, 0.15) is 27.2 Å². The van der Waals surface area contributed by atoms with E-state index in [4.69, 9.17) is 0 Å². The molecule has 0 rings (SSSR count). The van der Waals surface area contributed by atoms with Gasteiger partial charge in [-0.1, -0.05) is 6.58 Å². The third-order valence-electron chi connectivity index (χ3n) is 2.09. The third kappa shape index (κ3) is 5.75. The van der Waals surface area contributed by atoms with Gasteiger partial charge in [-0.05, 0) is 20.8 Å². The summed E-state index contributed by atoms with van der Waals surface area (Å²) in [5, 5.41) is 2.96. The van der Waals surface area contributed by atoms with Gasteiger partial charge in [-0.25, -0.2) is 0 Å². The van der Waals surface area contributed by atoms with E-state index in [0.29, 0.717) is 5.57 Å². The van der Waals surface area contributed by atoms with E-state index < -0.39 is 0 Å². The van der Waals surface area contributed by atoms with Gasteiger partial charge in [-0.2, -0.15) is 0 Å². The number of hydrogen-bond donors (Lipinski definition) is 2. The number of carbonyl (C=O) groups excluding carboxylic acids is 1. The topological polar surface area (TPSA) is 33.5 Å². The van der Waals surface area contributed by atoms with Crippen LogP contribution in [0, 0.1) is 0 Å². The van der Waals surface area contributed by atoms with E-state index in [1.165, 1.54) is 4.90 Å². The molecule has 0 atom stereocenters. The van der Waals surface area contributed by atoms with Gasteiger partial charge in [0.25, 0.3) is 0 Å². The highest BCUT2D eigenvalue weighted by Crippen LogP contribution is 2.07. The summed E-state index contributed by atoms with van der Waals surface area (Å²) >= 11 is 0. The Bertz CT molecular complexity index is 219. The molecule has 0 aromatic rings. The molecule has 0 aromatic heterocycles. The second-order valence-corrected chi connectivity index (χ2v) is 4.83. The molecular weight excluding hydrogens is 176 g/mol. The first-order chi connectivity index (χ1) is 6.24. The summed E-state index contributed by atoms with van der Waals surface area (Å²) in [5.74, 6) is -0.0521. The molecule has 0 radical (unpaired) electrons. The lowest BCUT2D eigenvalue weighted by atomic mass is 10.00. The molecule has 0 unspecified atom stereocenters. The van der Waals surface area contributed by atoms with E-state index in [-0.39, 0.29) is 11.4 Å². The highest BCUT2D eigenvalue weighted by Gasteiger charge is 2.21. The average molecular weight is 199 g/mol. The van der Waals surface area contributed by atoms with Crippen LogP contribution in [-0.4, -0.2) is 32.1 Å². The van der Waals surface area contributed by atoms with Gasteiger partial charge in [0.15, 0.2) is 0 Å². The summed E-state index contributed by atoms with van der Waals surface area (Å²) in [4.78, 5) is 12.8. The molecule has 0 aliphatic heterocycles. The normalized spacial score (nSPS) is 11.6. The van der Waals surface area contributed by atoms with Gasteiger partial charge in [0.05, 0.1) is 20.6 Å². The molecule has 3 heteroatoms. The molecule has 0 saturated carbocycles. The van der Waals surface area contributed by atoms with Crippen molar-refractivity contribution in [3.63, 3.8) is 0 Å². The number of amides is 1. The monoisotopic (exact) mass is 199 g/mol. The quantitative estimate of drug-likeness (QED) is 0.600. The Morgan fingerprint density at radius 1 is 1.43 bits per heavy atom. The van der Waals surface area contributed by atoms with E-state index in [1.54, 1.807) is 6.92 Å². The van der Waals surface area contributed by atoms with E-state index >= 15 is 0 Å². The Morgan fingerprint density at radius 3 is 2.29 bits per heavy atom. The minimum Gasteiger partial charge on any atom is -0.347 e. The van der Waals surface area contributed by atoms with Gasteiger partial charge in [0.2, 0.25) is 5.91 Å². The van der Waals surface area contributed by atoms with Gasteiger partial charge in [0.1, 0.15) is 0 Å². The second-order valence-electron chi connectivity index (χ2n) is 4.83. The summed E-state index contributed by atoms with van der Waals surface area (Å²) in [6.07, 6.45) is 0.967. The third-order valence-corrected chi connectivity index (χ3v) is 2.09. The van der Waals surface area contributed by atoms with E-state index in [2.05, 4.69) is 26.0 Å². The molecule has 0 heterocycles. The maximum absolute atomic E-state index is 11.4. The Morgan fingerprint density at radius 2 is 1.93 bits per heavy atom. The largest absolute Gasteiger partial charge is 0.347 e. The highest BCUT2D eigenvalue weighted by molar-refractivity contribution is 5.92. The van der Waals surface area contributed by atoms with Gasteiger partial charge >= 0.3 is 0 Å². The average Bonchev–Trinajstić information content (AvgIpc) is 2.00. The second kappa shape index (κ2) is 5.15. The number of carbonyl (C=O) groups is 1.